The summed E-state index contributed by atoms with van der Waals surface area (Å²) in [6.07, 6.45) is 0. The summed E-state index contributed by atoms with van der Waals surface area (Å²) in [7, 11) is 4.28. The van der Waals surface area contributed by atoms with Crippen molar-refractivity contribution >= 4 is 44.5 Å². The van der Waals surface area contributed by atoms with Crippen molar-refractivity contribution in [2.75, 3.05) is 19.4 Å². The fraction of sp³-hybridized carbons (Fsp3) is 0.0741. The smallest absolute Gasteiger partial charge is 0.292 e. The van der Waals surface area contributed by atoms with Gasteiger partial charge in [-0.1, -0.05) is 52.3 Å². The summed E-state index contributed by atoms with van der Waals surface area (Å²) in [6.45, 7) is 0. The van der Waals surface area contributed by atoms with Crippen LogP contribution >= 0.6 is 15.9 Å². The first-order valence-electron chi connectivity index (χ1n) is 10.3. The lowest BCUT2D eigenvalue weighted by atomic mass is 10.1. The molecule has 0 saturated carbocycles. The highest BCUT2D eigenvalue weighted by molar-refractivity contribution is 9.10. The third-order valence-electron chi connectivity index (χ3n) is 5.10. The molecule has 0 aliphatic rings. The van der Waals surface area contributed by atoms with Gasteiger partial charge in [-0.05, 0) is 72.8 Å². The van der Waals surface area contributed by atoms with E-state index in [4.69, 9.17) is 0 Å². The molecule has 4 aromatic rings. The molecule has 0 heterocycles. The molecule has 31 heavy (non-hydrogen) atoms. The van der Waals surface area contributed by atoms with Gasteiger partial charge in [-0.15, -0.1) is 0 Å². The molecule has 4 aromatic carbocycles. The lowest BCUT2D eigenvalue weighted by Crippen LogP contribution is -3.00. The first-order valence-corrected chi connectivity index (χ1v) is 11.1. The zero-order valence-corrected chi connectivity index (χ0v) is 19.3. The van der Waals surface area contributed by atoms with Crippen LogP contribution in [0.5, 0.6) is 0 Å². The fourth-order valence-electron chi connectivity index (χ4n) is 3.45. The summed E-state index contributed by atoms with van der Waals surface area (Å²) in [5.41, 5.74) is 5.57. The van der Waals surface area contributed by atoms with E-state index in [1.807, 2.05) is 24.3 Å². The van der Waals surface area contributed by atoms with E-state index < -0.39 is 0 Å². The van der Waals surface area contributed by atoms with Crippen molar-refractivity contribution in [3.8, 4) is 0 Å². The van der Waals surface area contributed by atoms with Gasteiger partial charge in [0.1, 0.15) is 22.7 Å². The van der Waals surface area contributed by atoms with Gasteiger partial charge in [0.25, 0.3) is 5.84 Å². The SMILES string of the molecule is C[NH+](C)c1ccc(C(Nc2ccc(Br)cc2)=[N+](c2ccccc2)c2ccccc2)cc1. The largest absolute Gasteiger partial charge is 0.307 e. The molecule has 0 fully saturated rings. The number of quaternary nitrogens is 1. The van der Waals surface area contributed by atoms with Gasteiger partial charge in [0.05, 0.1) is 19.7 Å². The van der Waals surface area contributed by atoms with Gasteiger partial charge in [-0.3, -0.25) is 0 Å². The molecule has 0 unspecified atom stereocenters. The lowest BCUT2D eigenvalue weighted by molar-refractivity contribution is -0.786. The molecule has 4 rings (SSSR count). The fourth-order valence-corrected chi connectivity index (χ4v) is 3.71. The van der Waals surface area contributed by atoms with Crippen molar-refractivity contribution in [3.05, 3.63) is 119 Å². The van der Waals surface area contributed by atoms with Gasteiger partial charge in [0, 0.05) is 4.47 Å². The first kappa shape index (κ1) is 21.0. The van der Waals surface area contributed by atoms with Crippen molar-refractivity contribution in [1.29, 1.82) is 0 Å². The molecule has 0 bridgehead atoms. The van der Waals surface area contributed by atoms with Gasteiger partial charge in [0.15, 0.2) is 0 Å². The highest BCUT2D eigenvalue weighted by atomic mass is 79.9. The Morgan fingerprint density at radius 1 is 0.677 bits per heavy atom. The molecule has 0 aromatic heterocycles. The number of nitrogens with one attached hydrogen (secondary N) is 2. The third kappa shape index (κ3) is 5.10. The molecule has 2 N–H and O–H groups in total. The zero-order valence-electron chi connectivity index (χ0n) is 17.7. The quantitative estimate of drug-likeness (QED) is 0.220. The van der Waals surface area contributed by atoms with E-state index in [-0.39, 0.29) is 0 Å². The van der Waals surface area contributed by atoms with Crippen LogP contribution in [0.1, 0.15) is 5.56 Å². The van der Waals surface area contributed by atoms with E-state index >= 15 is 0 Å². The Labute approximate surface area is 192 Å². The van der Waals surface area contributed by atoms with Gasteiger partial charge >= 0.3 is 0 Å². The van der Waals surface area contributed by atoms with Crippen LogP contribution < -0.4 is 14.8 Å². The molecular weight excluding hydrogens is 446 g/mol. The second-order valence-corrected chi connectivity index (χ2v) is 8.48. The Balaban J connectivity index is 1.94. The van der Waals surface area contributed by atoms with Crippen molar-refractivity contribution in [2.45, 2.75) is 0 Å². The molecular formula is C27H26BrN3+2. The number of halogens is 1. The molecule has 0 aliphatic carbocycles. The van der Waals surface area contributed by atoms with E-state index in [1.54, 1.807) is 0 Å². The summed E-state index contributed by atoms with van der Waals surface area (Å²) in [4.78, 5) is 1.30. The summed E-state index contributed by atoms with van der Waals surface area (Å²) in [6, 6.07) is 37.9. The number of hydrogen-bond donors (Lipinski definition) is 2. The third-order valence-corrected chi connectivity index (χ3v) is 5.62. The summed E-state index contributed by atoms with van der Waals surface area (Å²) >= 11 is 3.53. The van der Waals surface area contributed by atoms with Gasteiger partial charge in [0.2, 0.25) is 0 Å². The summed E-state index contributed by atoms with van der Waals surface area (Å²) < 4.78 is 3.32. The molecule has 0 saturated heterocycles. The molecule has 0 spiro atoms. The summed E-state index contributed by atoms with van der Waals surface area (Å²) in [5.74, 6) is 1.00. The van der Waals surface area contributed by atoms with Crippen molar-refractivity contribution < 1.29 is 4.90 Å². The number of benzene rings is 4. The number of anilines is 1. The molecule has 0 amide bonds. The average molecular weight is 472 g/mol. The van der Waals surface area contributed by atoms with Crippen LogP contribution in [0.3, 0.4) is 0 Å². The van der Waals surface area contributed by atoms with Gasteiger partial charge in [-0.2, -0.15) is 4.58 Å². The van der Waals surface area contributed by atoms with Crippen LogP contribution in [0.4, 0.5) is 22.7 Å². The van der Waals surface area contributed by atoms with E-state index in [1.165, 1.54) is 10.6 Å². The van der Waals surface area contributed by atoms with Gasteiger partial charge < -0.3 is 4.90 Å². The van der Waals surface area contributed by atoms with Gasteiger partial charge in [-0.25, -0.2) is 5.32 Å². The Hall–Kier alpha value is -3.21. The number of rotatable bonds is 5. The Kier molecular flexibility index (Phi) is 6.60. The second kappa shape index (κ2) is 9.73. The maximum Gasteiger partial charge on any atom is 0.292 e. The van der Waals surface area contributed by atoms with E-state index in [2.05, 4.69) is 125 Å². The highest BCUT2D eigenvalue weighted by Gasteiger charge is 2.21. The normalized spacial score (nSPS) is 10.7. The Morgan fingerprint density at radius 3 is 1.68 bits per heavy atom. The second-order valence-electron chi connectivity index (χ2n) is 7.56. The van der Waals surface area contributed by atoms with E-state index in [9.17, 15) is 0 Å². The molecule has 3 nitrogen and oxygen atoms in total. The molecule has 0 aliphatic heterocycles. The minimum absolute atomic E-state index is 1.00. The van der Waals surface area contributed by atoms with Crippen LogP contribution in [0.2, 0.25) is 0 Å². The summed E-state index contributed by atoms with van der Waals surface area (Å²) in [5, 5.41) is 3.68. The van der Waals surface area contributed by atoms with Crippen LogP contribution in [-0.2, 0) is 0 Å². The standard InChI is InChI=1S/C27H24BrN3/c1-30(2)24-19-13-21(14-20-24)27(29-23-17-15-22(28)16-18-23)31(25-9-5-3-6-10-25)26-11-7-4-8-12-26/h3-20H,1-2H3/p+2. The maximum atomic E-state index is 3.68. The molecule has 0 radical (unpaired) electrons. The minimum Gasteiger partial charge on any atom is -0.307 e. The Bertz CT molecular complexity index is 1110. The predicted molar refractivity (Wildman–Crippen MR) is 135 cm³/mol. The Morgan fingerprint density at radius 2 is 1.19 bits per heavy atom. The van der Waals surface area contributed by atoms with Crippen LogP contribution in [-0.4, -0.2) is 19.9 Å². The number of nitrogens with zero attached hydrogens (tertiary/aromatic N) is 1. The predicted octanol–water partition coefficient (Wildman–Crippen LogP) is 5.62. The van der Waals surface area contributed by atoms with Crippen molar-refractivity contribution in [3.63, 3.8) is 0 Å². The van der Waals surface area contributed by atoms with E-state index in [0.29, 0.717) is 0 Å². The molecule has 4 heteroatoms. The van der Waals surface area contributed by atoms with Crippen LogP contribution in [0.15, 0.2) is 114 Å². The van der Waals surface area contributed by atoms with E-state index in [0.717, 1.165) is 32.9 Å². The first-order chi connectivity index (χ1) is 15.1. The monoisotopic (exact) mass is 471 g/mol. The topological polar surface area (TPSA) is 19.5 Å². The molecule has 154 valence electrons. The number of hydrogen-bond acceptors (Lipinski definition) is 0. The number of amidine groups is 1. The highest BCUT2D eigenvalue weighted by Crippen LogP contribution is 2.24. The van der Waals surface area contributed by atoms with Crippen molar-refractivity contribution in [1.82, 2.24) is 4.58 Å². The zero-order chi connectivity index (χ0) is 21.6. The minimum atomic E-state index is 1.00. The van der Waals surface area contributed by atoms with Crippen LogP contribution in [0, 0.1) is 0 Å². The van der Waals surface area contributed by atoms with Crippen molar-refractivity contribution in [2.24, 2.45) is 0 Å². The average Bonchev–Trinajstić information content (AvgIpc) is 2.81. The molecule has 0 atom stereocenters. The number of para-hydroxylation sites is 2. The van der Waals surface area contributed by atoms with Crippen LogP contribution in [0.25, 0.3) is 0 Å². The lowest BCUT2D eigenvalue weighted by Gasteiger charge is -2.14. The maximum absolute atomic E-state index is 3.68.